The van der Waals surface area contributed by atoms with E-state index in [0.717, 1.165) is 5.56 Å². The number of amides is 1. The Hall–Kier alpha value is -2.09. The molecule has 0 aromatic carbocycles. The Kier molecular flexibility index (Phi) is 1.82. The standard InChI is InChI=1S/C9H7N3O2/c10-3-7-2-5-1-6(8(11)13)4-12-9(5)14-7/h1,4,7H,2H2,(H2,11,13)/t7-/m0/s1. The first-order valence-electron chi connectivity index (χ1n) is 4.05. The van der Waals surface area contributed by atoms with E-state index in [1.165, 1.54) is 6.20 Å². The molecule has 1 aromatic rings. The van der Waals surface area contributed by atoms with Crippen LogP contribution in [0.15, 0.2) is 12.3 Å². The van der Waals surface area contributed by atoms with Crippen molar-refractivity contribution in [3.63, 3.8) is 0 Å². The van der Waals surface area contributed by atoms with E-state index in [1.54, 1.807) is 6.07 Å². The Balaban J connectivity index is 2.36. The molecule has 0 spiro atoms. The van der Waals surface area contributed by atoms with Gasteiger partial charge in [-0.3, -0.25) is 4.79 Å². The van der Waals surface area contributed by atoms with Crippen molar-refractivity contribution in [3.8, 4) is 11.9 Å². The number of carbonyl (C=O) groups excluding carboxylic acids is 1. The summed E-state index contributed by atoms with van der Waals surface area (Å²) in [6.07, 6.45) is 1.31. The van der Waals surface area contributed by atoms with Gasteiger partial charge in [0.05, 0.1) is 5.56 Å². The molecule has 0 unspecified atom stereocenters. The molecule has 5 nitrogen and oxygen atoms in total. The number of rotatable bonds is 1. The molecule has 14 heavy (non-hydrogen) atoms. The molecule has 2 heterocycles. The van der Waals surface area contributed by atoms with E-state index in [4.69, 9.17) is 15.7 Å². The van der Waals surface area contributed by atoms with Crippen LogP contribution in [0, 0.1) is 11.3 Å². The van der Waals surface area contributed by atoms with Gasteiger partial charge in [-0.05, 0) is 6.07 Å². The summed E-state index contributed by atoms with van der Waals surface area (Å²) in [5, 5.41) is 8.62. The minimum atomic E-state index is -0.527. The van der Waals surface area contributed by atoms with Crippen molar-refractivity contribution in [1.82, 2.24) is 4.98 Å². The van der Waals surface area contributed by atoms with Crippen molar-refractivity contribution in [2.75, 3.05) is 0 Å². The average molecular weight is 189 g/mol. The van der Waals surface area contributed by atoms with Gasteiger partial charge in [0.15, 0.2) is 6.10 Å². The molecule has 1 aliphatic heterocycles. The molecule has 5 heteroatoms. The Morgan fingerprint density at radius 1 is 1.79 bits per heavy atom. The van der Waals surface area contributed by atoms with Gasteiger partial charge < -0.3 is 10.5 Å². The van der Waals surface area contributed by atoms with Gasteiger partial charge >= 0.3 is 0 Å². The largest absolute Gasteiger partial charge is 0.458 e. The fourth-order valence-corrected chi connectivity index (χ4v) is 1.33. The van der Waals surface area contributed by atoms with E-state index in [1.807, 2.05) is 6.07 Å². The zero-order valence-electron chi connectivity index (χ0n) is 7.23. The molecule has 1 aromatic heterocycles. The molecular weight excluding hydrogens is 182 g/mol. The summed E-state index contributed by atoms with van der Waals surface area (Å²) in [6.45, 7) is 0. The SMILES string of the molecule is N#C[C@@H]1Cc2cc(C(N)=O)cnc2O1. The van der Waals surface area contributed by atoms with Gasteiger partial charge in [0, 0.05) is 18.2 Å². The van der Waals surface area contributed by atoms with Crippen LogP contribution in [0.1, 0.15) is 15.9 Å². The summed E-state index contributed by atoms with van der Waals surface area (Å²) < 4.78 is 5.17. The zero-order chi connectivity index (χ0) is 10.1. The summed E-state index contributed by atoms with van der Waals surface area (Å²) in [5.74, 6) is -0.109. The van der Waals surface area contributed by atoms with Crippen LogP contribution in [0.5, 0.6) is 5.88 Å². The molecule has 2 N–H and O–H groups in total. The number of aromatic nitrogens is 1. The fourth-order valence-electron chi connectivity index (χ4n) is 1.33. The third-order valence-electron chi connectivity index (χ3n) is 2.01. The van der Waals surface area contributed by atoms with Crippen LogP contribution < -0.4 is 10.5 Å². The highest BCUT2D eigenvalue weighted by Crippen LogP contribution is 2.26. The number of pyridine rings is 1. The van der Waals surface area contributed by atoms with Gasteiger partial charge in [-0.1, -0.05) is 0 Å². The average Bonchev–Trinajstić information content (AvgIpc) is 2.58. The third kappa shape index (κ3) is 1.27. The second-order valence-corrected chi connectivity index (χ2v) is 2.99. The van der Waals surface area contributed by atoms with E-state index in [2.05, 4.69) is 4.98 Å². The van der Waals surface area contributed by atoms with E-state index in [-0.39, 0.29) is 0 Å². The lowest BCUT2D eigenvalue weighted by Gasteiger charge is -1.99. The van der Waals surface area contributed by atoms with Crippen LogP contribution in [0.3, 0.4) is 0 Å². The van der Waals surface area contributed by atoms with Gasteiger partial charge in [-0.25, -0.2) is 4.98 Å². The van der Waals surface area contributed by atoms with Crippen LogP contribution in [0.4, 0.5) is 0 Å². The van der Waals surface area contributed by atoms with Crippen molar-refractivity contribution in [1.29, 1.82) is 5.26 Å². The number of hydrogen-bond donors (Lipinski definition) is 1. The smallest absolute Gasteiger partial charge is 0.250 e. The van der Waals surface area contributed by atoms with Crippen LogP contribution in [0.25, 0.3) is 0 Å². The second kappa shape index (κ2) is 3.00. The molecule has 0 radical (unpaired) electrons. The first-order chi connectivity index (χ1) is 6.70. The Morgan fingerprint density at radius 3 is 3.21 bits per heavy atom. The number of fused-ring (bicyclic) bond motifs is 1. The quantitative estimate of drug-likeness (QED) is 0.673. The molecule has 0 saturated carbocycles. The number of nitriles is 1. The van der Waals surface area contributed by atoms with Crippen molar-refractivity contribution in [3.05, 3.63) is 23.4 Å². The number of hydrogen-bond acceptors (Lipinski definition) is 4. The van der Waals surface area contributed by atoms with Crippen molar-refractivity contribution >= 4 is 5.91 Å². The topological polar surface area (TPSA) is 89.0 Å². The van der Waals surface area contributed by atoms with Gasteiger partial charge in [-0.15, -0.1) is 0 Å². The molecule has 0 aliphatic carbocycles. The Morgan fingerprint density at radius 2 is 2.57 bits per heavy atom. The van der Waals surface area contributed by atoms with Crippen LogP contribution >= 0.6 is 0 Å². The second-order valence-electron chi connectivity index (χ2n) is 2.99. The Bertz CT molecular complexity index is 436. The van der Waals surface area contributed by atoms with Gasteiger partial charge in [0.1, 0.15) is 6.07 Å². The molecule has 0 bridgehead atoms. The maximum absolute atomic E-state index is 10.8. The van der Waals surface area contributed by atoms with E-state index in [0.29, 0.717) is 17.9 Å². The number of primary amides is 1. The Labute approximate surface area is 80.1 Å². The lowest BCUT2D eigenvalue weighted by atomic mass is 10.1. The van der Waals surface area contributed by atoms with Crippen LogP contribution in [-0.2, 0) is 6.42 Å². The highest BCUT2D eigenvalue weighted by Gasteiger charge is 2.24. The normalized spacial score (nSPS) is 18.1. The predicted molar refractivity (Wildman–Crippen MR) is 46.5 cm³/mol. The molecule has 1 atom stereocenters. The van der Waals surface area contributed by atoms with Gasteiger partial charge in [-0.2, -0.15) is 5.26 Å². The first kappa shape index (κ1) is 8.51. The fraction of sp³-hybridized carbons (Fsp3) is 0.222. The minimum Gasteiger partial charge on any atom is -0.458 e. The third-order valence-corrected chi connectivity index (χ3v) is 2.01. The maximum Gasteiger partial charge on any atom is 0.250 e. The molecule has 1 aliphatic rings. The lowest BCUT2D eigenvalue weighted by molar-refractivity contribution is 0.1000. The summed E-state index contributed by atoms with van der Waals surface area (Å²) >= 11 is 0. The number of ether oxygens (including phenoxy) is 1. The number of nitrogens with zero attached hydrogens (tertiary/aromatic N) is 2. The van der Waals surface area contributed by atoms with Crippen molar-refractivity contribution in [2.45, 2.75) is 12.5 Å². The summed E-state index contributed by atoms with van der Waals surface area (Å²) in [7, 11) is 0. The summed E-state index contributed by atoms with van der Waals surface area (Å²) in [5.41, 5.74) is 6.19. The van der Waals surface area contributed by atoms with Gasteiger partial charge in [0.2, 0.25) is 11.8 Å². The molecule has 1 amide bonds. The number of carbonyl (C=O) groups is 1. The van der Waals surface area contributed by atoms with E-state index < -0.39 is 12.0 Å². The van der Waals surface area contributed by atoms with Crippen LogP contribution in [-0.4, -0.2) is 17.0 Å². The summed E-state index contributed by atoms with van der Waals surface area (Å²) in [6, 6.07) is 3.59. The number of nitrogens with two attached hydrogens (primary N) is 1. The summed E-state index contributed by atoms with van der Waals surface area (Å²) in [4.78, 5) is 14.7. The zero-order valence-corrected chi connectivity index (χ0v) is 7.23. The lowest BCUT2D eigenvalue weighted by Crippen LogP contribution is -2.11. The molecule has 0 saturated heterocycles. The van der Waals surface area contributed by atoms with E-state index in [9.17, 15) is 4.79 Å². The molecule has 2 rings (SSSR count). The molecule has 70 valence electrons. The molecule has 0 fully saturated rings. The van der Waals surface area contributed by atoms with Crippen LogP contribution in [0.2, 0.25) is 0 Å². The molecular formula is C9H7N3O2. The monoisotopic (exact) mass is 189 g/mol. The van der Waals surface area contributed by atoms with Gasteiger partial charge in [0.25, 0.3) is 0 Å². The van der Waals surface area contributed by atoms with E-state index >= 15 is 0 Å². The predicted octanol–water partition coefficient (Wildman–Crippen LogP) is 0.00758. The highest BCUT2D eigenvalue weighted by atomic mass is 16.5. The van der Waals surface area contributed by atoms with Crippen molar-refractivity contribution < 1.29 is 9.53 Å². The minimum absolute atomic E-state index is 0.339. The maximum atomic E-state index is 10.8. The van der Waals surface area contributed by atoms with Crippen molar-refractivity contribution in [2.24, 2.45) is 5.73 Å². The highest BCUT2D eigenvalue weighted by molar-refractivity contribution is 5.92. The first-order valence-corrected chi connectivity index (χ1v) is 4.05.